The number of ether oxygens (including phenoxy) is 7. The lowest BCUT2D eigenvalue weighted by Crippen LogP contribution is -2.40. The largest absolute Gasteiger partial charge is 0.496 e. The molecule has 1 aromatic carbocycles. The van der Waals surface area contributed by atoms with Crippen LogP contribution in [0.2, 0.25) is 0 Å². The summed E-state index contributed by atoms with van der Waals surface area (Å²) >= 11 is 0. The maximum absolute atomic E-state index is 13.4. The Morgan fingerprint density at radius 2 is 1.74 bits per heavy atom. The molecule has 0 radical (unpaired) electrons. The van der Waals surface area contributed by atoms with E-state index in [-0.39, 0.29) is 55.2 Å². The van der Waals surface area contributed by atoms with Gasteiger partial charge in [-0.15, -0.1) is 0 Å². The van der Waals surface area contributed by atoms with Crippen molar-refractivity contribution in [3.63, 3.8) is 0 Å². The van der Waals surface area contributed by atoms with Crippen LogP contribution >= 0.6 is 0 Å². The van der Waals surface area contributed by atoms with E-state index in [2.05, 4.69) is 6.92 Å². The Morgan fingerprint density at radius 1 is 1.06 bits per heavy atom. The lowest BCUT2D eigenvalue weighted by atomic mass is 9.83. The number of carbonyl (C=O) groups is 1. The molecule has 1 heterocycles. The lowest BCUT2D eigenvalue weighted by molar-refractivity contribution is -0.0684. The van der Waals surface area contributed by atoms with E-state index in [1.807, 2.05) is 13.8 Å². The van der Waals surface area contributed by atoms with Crippen LogP contribution in [0.15, 0.2) is 6.07 Å². The zero-order valence-corrected chi connectivity index (χ0v) is 21.6. The maximum atomic E-state index is 13.4. The highest BCUT2D eigenvalue weighted by Crippen LogP contribution is 2.49. The first-order chi connectivity index (χ1) is 16.3. The summed E-state index contributed by atoms with van der Waals surface area (Å²) in [4.78, 5) is 13.4. The third-order valence-corrected chi connectivity index (χ3v) is 6.74. The van der Waals surface area contributed by atoms with Crippen molar-refractivity contribution in [2.75, 3.05) is 48.9 Å². The third kappa shape index (κ3) is 5.94. The van der Waals surface area contributed by atoms with Gasteiger partial charge in [-0.25, -0.2) is 0 Å². The highest BCUT2D eigenvalue weighted by molar-refractivity contribution is 6.05. The standard InChI is InChI=1S/C25H40O9/c1-14(23(32-8)16(3)20(12-26)31-7)9-10-17-15(2)22(27)21-18(29-5)11-19(30-6)24(25(21)34-17)33-13-28-4/h11,14-17,20,23,26H,9-10,12-13H2,1-8H3/t14-,15?,16+,17?,20-,23-/m0/s1. The Labute approximate surface area is 202 Å². The molecule has 1 N–H and O–H groups in total. The van der Waals surface area contributed by atoms with E-state index in [1.54, 1.807) is 20.3 Å². The van der Waals surface area contributed by atoms with Crippen LogP contribution in [0, 0.1) is 17.8 Å². The van der Waals surface area contributed by atoms with E-state index >= 15 is 0 Å². The number of benzene rings is 1. The molecular formula is C25H40O9. The average Bonchev–Trinajstić information content (AvgIpc) is 2.84. The smallest absolute Gasteiger partial charge is 0.207 e. The van der Waals surface area contributed by atoms with Crippen molar-refractivity contribution in [1.82, 2.24) is 0 Å². The van der Waals surface area contributed by atoms with Gasteiger partial charge in [0.2, 0.25) is 5.75 Å². The Morgan fingerprint density at radius 3 is 2.26 bits per heavy atom. The van der Waals surface area contributed by atoms with Crippen LogP contribution in [-0.2, 0) is 14.2 Å². The number of ketones is 1. The number of rotatable bonds is 14. The van der Waals surface area contributed by atoms with E-state index in [0.29, 0.717) is 35.0 Å². The van der Waals surface area contributed by atoms with Gasteiger partial charge in [-0.05, 0) is 18.8 Å². The number of hydrogen-bond donors (Lipinski definition) is 1. The molecule has 2 rings (SSSR count). The van der Waals surface area contributed by atoms with E-state index in [4.69, 9.17) is 33.2 Å². The fourth-order valence-electron chi connectivity index (χ4n) is 4.69. The van der Waals surface area contributed by atoms with Gasteiger partial charge in [0.25, 0.3) is 0 Å². The number of carbonyl (C=O) groups excluding carboxylic acids is 1. The molecule has 0 aliphatic carbocycles. The lowest BCUT2D eigenvalue weighted by Gasteiger charge is -2.35. The summed E-state index contributed by atoms with van der Waals surface area (Å²) in [5.41, 5.74) is 0.348. The summed E-state index contributed by atoms with van der Waals surface area (Å²) in [7, 11) is 7.78. The van der Waals surface area contributed by atoms with E-state index in [9.17, 15) is 9.90 Å². The molecule has 1 aliphatic heterocycles. The average molecular weight is 485 g/mol. The summed E-state index contributed by atoms with van der Waals surface area (Å²) < 4.78 is 39.3. The zero-order valence-electron chi connectivity index (χ0n) is 21.6. The number of aliphatic hydroxyl groups excluding tert-OH is 1. The Kier molecular flexibility index (Phi) is 10.9. The van der Waals surface area contributed by atoms with Gasteiger partial charge in [-0.2, -0.15) is 0 Å². The molecule has 0 aromatic heterocycles. The minimum absolute atomic E-state index is 0.00961. The Bertz CT molecular complexity index is 793. The molecule has 1 aromatic rings. The highest BCUT2D eigenvalue weighted by Gasteiger charge is 2.40. The van der Waals surface area contributed by atoms with Crippen molar-refractivity contribution >= 4 is 5.78 Å². The predicted octanol–water partition coefficient (Wildman–Crippen LogP) is 3.34. The topological polar surface area (TPSA) is 102 Å². The summed E-state index contributed by atoms with van der Waals surface area (Å²) in [5, 5.41) is 9.61. The number of Topliss-reactive ketones (excluding diaryl/α,β-unsaturated/α-hetero) is 1. The molecule has 0 fully saturated rings. The Balaban J connectivity index is 2.29. The maximum Gasteiger partial charge on any atom is 0.207 e. The SMILES string of the molecule is COCOc1c(OC)cc(OC)c2c1OC(CC[C@H](C)[C@H](OC)[C@H](C)[C@H](CO)OC)C(C)C2=O. The van der Waals surface area contributed by atoms with Crippen LogP contribution in [0.3, 0.4) is 0 Å². The minimum Gasteiger partial charge on any atom is -0.496 e. The summed E-state index contributed by atoms with van der Waals surface area (Å²) in [6.07, 6.45) is 0.566. The molecule has 194 valence electrons. The second-order valence-electron chi connectivity index (χ2n) is 8.75. The summed E-state index contributed by atoms with van der Waals surface area (Å²) in [6, 6.07) is 1.62. The van der Waals surface area contributed by atoms with Crippen LogP contribution in [0.25, 0.3) is 0 Å². The first-order valence-electron chi connectivity index (χ1n) is 11.6. The molecule has 34 heavy (non-hydrogen) atoms. The second kappa shape index (κ2) is 13.1. The van der Waals surface area contributed by atoms with Gasteiger partial charge >= 0.3 is 0 Å². The first-order valence-corrected chi connectivity index (χ1v) is 11.6. The summed E-state index contributed by atoms with van der Waals surface area (Å²) in [6.45, 7) is 5.86. The van der Waals surface area contributed by atoms with Crippen molar-refractivity contribution in [3.05, 3.63) is 11.6 Å². The van der Waals surface area contributed by atoms with Crippen LogP contribution in [0.1, 0.15) is 44.0 Å². The molecule has 9 nitrogen and oxygen atoms in total. The quantitative estimate of drug-likeness (QED) is 0.398. The number of fused-ring (bicyclic) bond motifs is 1. The third-order valence-electron chi connectivity index (χ3n) is 6.74. The van der Waals surface area contributed by atoms with E-state index in [0.717, 1.165) is 6.42 Å². The van der Waals surface area contributed by atoms with Crippen molar-refractivity contribution in [2.24, 2.45) is 17.8 Å². The van der Waals surface area contributed by atoms with Crippen LogP contribution in [0.5, 0.6) is 23.0 Å². The highest BCUT2D eigenvalue weighted by atomic mass is 16.7. The number of hydrogen-bond acceptors (Lipinski definition) is 9. The van der Waals surface area contributed by atoms with Gasteiger partial charge in [0, 0.05) is 33.3 Å². The monoisotopic (exact) mass is 484 g/mol. The molecule has 0 saturated carbocycles. The van der Waals surface area contributed by atoms with Gasteiger partial charge in [0.15, 0.2) is 24.1 Å². The van der Waals surface area contributed by atoms with Crippen LogP contribution < -0.4 is 18.9 Å². The molecule has 0 bridgehead atoms. The van der Waals surface area contributed by atoms with Gasteiger partial charge < -0.3 is 38.3 Å². The molecule has 9 heteroatoms. The van der Waals surface area contributed by atoms with Crippen molar-refractivity contribution in [2.45, 2.75) is 51.9 Å². The van der Waals surface area contributed by atoms with Gasteiger partial charge in [0.1, 0.15) is 17.4 Å². The molecule has 0 amide bonds. The minimum atomic E-state index is -0.375. The normalized spacial score (nSPS) is 21.1. The fraction of sp³-hybridized carbons (Fsp3) is 0.720. The molecule has 0 spiro atoms. The summed E-state index contributed by atoms with van der Waals surface area (Å²) in [5.74, 6) is 1.08. The van der Waals surface area contributed by atoms with E-state index in [1.165, 1.54) is 21.3 Å². The molecule has 6 atom stereocenters. The van der Waals surface area contributed by atoms with Crippen molar-refractivity contribution < 1.29 is 43.1 Å². The Hall–Kier alpha value is -2.07. The molecule has 1 aliphatic rings. The van der Waals surface area contributed by atoms with Gasteiger partial charge in [-0.3, -0.25) is 4.79 Å². The number of methoxy groups -OCH3 is 5. The van der Waals surface area contributed by atoms with Gasteiger partial charge in [0.05, 0.1) is 39.0 Å². The predicted molar refractivity (Wildman–Crippen MR) is 126 cm³/mol. The van der Waals surface area contributed by atoms with E-state index < -0.39 is 0 Å². The fourth-order valence-corrected chi connectivity index (χ4v) is 4.69. The van der Waals surface area contributed by atoms with Crippen LogP contribution in [0.4, 0.5) is 0 Å². The van der Waals surface area contributed by atoms with Crippen LogP contribution in [-0.4, -0.2) is 78.2 Å². The first kappa shape index (κ1) is 28.2. The molecule has 2 unspecified atom stereocenters. The molecular weight excluding hydrogens is 444 g/mol. The molecule has 0 saturated heterocycles. The zero-order chi connectivity index (χ0) is 25.4. The van der Waals surface area contributed by atoms with Gasteiger partial charge in [-0.1, -0.05) is 20.8 Å². The van der Waals surface area contributed by atoms with Crippen molar-refractivity contribution in [3.8, 4) is 23.0 Å². The number of aliphatic hydroxyl groups is 1. The van der Waals surface area contributed by atoms with Crippen molar-refractivity contribution in [1.29, 1.82) is 0 Å². The second-order valence-corrected chi connectivity index (χ2v) is 8.75.